The molecular formula is C12H11NO3. The number of nitrogen functional groups attached to an aromatic ring is 1. The fraction of sp³-hybridized carbons (Fsp3) is 0.0833. The molecule has 0 radical (unpaired) electrons. The normalized spacial score (nSPS) is 10.1. The number of carbonyl (C=O) groups is 1. The van der Waals surface area contributed by atoms with Gasteiger partial charge in [-0.15, -0.1) is 0 Å². The molecule has 16 heavy (non-hydrogen) atoms. The maximum atomic E-state index is 11.9. The van der Waals surface area contributed by atoms with Gasteiger partial charge in [-0.25, -0.2) is 0 Å². The van der Waals surface area contributed by atoms with Gasteiger partial charge in [-0.1, -0.05) is 0 Å². The molecule has 4 heteroatoms. The summed E-state index contributed by atoms with van der Waals surface area (Å²) in [5, 5.41) is 0. The summed E-state index contributed by atoms with van der Waals surface area (Å²) < 4.78 is 9.87. The van der Waals surface area contributed by atoms with Crippen LogP contribution in [0.15, 0.2) is 41.2 Å². The number of nitrogens with two attached hydrogens (primary N) is 1. The summed E-state index contributed by atoms with van der Waals surface area (Å²) in [5.41, 5.74) is 7.10. The highest BCUT2D eigenvalue weighted by Crippen LogP contribution is 2.22. The average molecular weight is 217 g/mol. The summed E-state index contributed by atoms with van der Waals surface area (Å²) in [6.07, 6.45) is 2.85. The van der Waals surface area contributed by atoms with Gasteiger partial charge >= 0.3 is 0 Å². The lowest BCUT2D eigenvalue weighted by atomic mass is 10.0. The Morgan fingerprint density at radius 2 is 2.19 bits per heavy atom. The lowest BCUT2D eigenvalue weighted by Gasteiger charge is -2.05. The van der Waals surface area contributed by atoms with Crippen LogP contribution in [0.4, 0.5) is 5.69 Å². The number of anilines is 1. The van der Waals surface area contributed by atoms with Crippen LogP contribution in [0.2, 0.25) is 0 Å². The molecule has 0 spiro atoms. The van der Waals surface area contributed by atoms with E-state index in [2.05, 4.69) is 0 Å². The third-order valence-electron chi connectivity index (χ3n) is 2.29. The highest BCUT2D eigenvalue weighted by Gasteiger charge is 2.13. The Bertz CT molecular complexity index is 503. The van der Waals surface area contributed by atoms with Crippen LogP contribution >= 0.6 is 0 Å². The summed E-state index contributed by atoms with van der Waals surface area (Å²) in [6.45, 7) is 0. The van der Waals surface area contributed by atoms with Gasteiger partial charge in [0, 0.05) is 17.3 Å². The van der Waals surface area contributed by atoms with Gasteiger partial charge in [0.15, 0.2) is 5.78 Å². The fourth-order valence-corrected chi connectivity index (χ4v) is 1.42. The number of hydrogen-bond acceptors (Lipinski definition) is 4. The van der Waals surface area contributed by atoms with Crippen molar-refractivity contribution in [1.29, 1.82) is 0 Å². The SMILES string of the molecule is COc1ccc(C(=O)c2ccoc2)c(N)c1. The molecule has 0 unspecified atom stereocenters. The summed E-state index contributed by atoms with van der Waals surface area (Å²) >= 11 is 0. The molecule has 0 atom stereocenters. The highest BCUT2D eigenvalue weighted by atomic mass is 16.5. The zero-order valence-corrected chi connectivity index (χ0v) is 8.77. The smallest absolute Gasteiger partial charge is 0.198 e. The van der Waals surface area contributed by atoms with Gasteiger partial charge in [-0.2, -0.15) is 0 Å². The lowest BCUT2D eigenvalue weighted by Crippen LogP contribution is -2.04. The van der Waals surface area contributed by atoms with Gasteiger partial charge in [0.1, 0.15) is 12.0 Å². The van der Waals surface area contributed by atoms with E-state index in [9.17, 15) is 4.79 Å². The van der Waals surface area contributed by atoms with Crippen LogP contribution in [-0.4, -0.2) is 12.9 Å². The molecule has 0 bridgehead atoms. The minimum Gasteiger partial charge on any atom is -0.497 e. The van der Waals surface area contributed by atoms with Gasteiger partial charge in [0.25, 0.3) is 0 Å². The molecule has 4 nitrogen and oxygen atoms in total. The van der Waals surface area contributed by atoms with Gasteiger partial charge < -0.3 is 14.9 Å². The topological polar surface area (TPSA) is 65.5 Å². The highest BCUT2D eigenvalue weighted by molar-refractivity contribution is 6.11. The second kappa shape index (κ2) is 4.10. The maximum absolute atomic E-state index is 11.9. The number of ketones is 1. The summed E-state index contributed by atoms with van der Waals surface area (Å²) in [5.74, 6) is 0.468. The fourth-order valence-electron chi connectivity index (χ4n) is 1.42. The molecule has 0 aliphatic rings. The molecule has 1 aromatic heterocycles. The molecule has 0 fully saturated rings. The van der Waals surface area contributed by atoms with E-state index in [-0.39, 0.29) is 5.78 Å². The third-order valence-corrected chi connectivity index (χ3v) is 2.29. The van der Waals surface area contributed by atoms with E-state index in [4.69, 9.17) is 14.9 Å². The van der Waals surface area contributed by atoms with Crippen molar-refractivity contribution < 1.29 is 13.9 Å². The van der Waals surface area contributed by atoms with Crippen molar-refractivity contribution in [2.24, 2.45) is 0 Å². The quantitative estimate of drug-likeness (QED) is 0.631. The van der Waals surface area contributed by atoms with Crippen LogP contribution in [0.1, 0.15) is 15.9 Å². The van der Waals surface area contributed by atoms with Crippen LogP contribution in [0, 0.1) is 0 Å². The number of carbonyl (C=O) groups excluding carboxylic acids is 1. The zero-order valence-electron chi connectivity index (χ0n) is 8.77. The van der Waals surface area contributed by atoms with E-state index in [0.29, 0.717) is 22.6 Å². The van der Waals surface area contributed by atoms with Gasteiger partial charge in [-0.3, -0.25) is 4.79 Å². The Balaban J connectivity index is 2.38. The van der Waals surface area contributed by atoms with Gasteiger partial charge in [-0.05, 0) is 18.2 Å². The van der Waals surface area contributed by atoms with Crippen LogP contribution in [-0.2, 0) is 0 Å². The Labute approximate surface area is 92.6 Å². The van der Waals surface area contributed by atoms with Crippen molar-refractivity contribution in [2.75, 3.05) is 12.8 Å². The Hall–Kier alpha value is -2.23. The van der Waals surface area contributed by atoms with E-state index in [1.54, 1.807) is 31.4 Å². The number of furan rings is 1. The van der Waals surface area contributed by atoms with E-state index in [1.807, 2.05) is 0 Å². The van der Waals surface area contributed by atoms with Crippen LogP contribution < -0.4 is 10.5 Å². The van der Waals surface area contributed by atoms with Crippen LogP contribution in [0.5, 0.6) is 5.75 Å². The number of methoxy groups -OCH3 is 1. The monoisotopic (exact) mass is 217 g/mol. The minimum absolute atomic E-state index is 0.158. The van der Waals surface area contributed by atoms with E-state index >= 15 is 0 Å². The van der Waals surface area contributed by atoms with E-state index < -0.39 is 0 Å². The first-order valence-electron chi connectivity index (χ1n) is 4.73. The molecule has 0 aliphatic carbocycles. The predicted octanol–water partition coefficient (Wildman–Crippen LogP) is 2.10. The van der Waals surface area contributed by atoms with Crippen molar-refractivity contribution in [2.45, 2.75) is 0 Å². The first-order valence-corrected chi connectivity index (χ1v) is 4.73. The molecule has 82 valence electrons. The van der Waals surface area contributed by atoms with Crippen molar-refractivity contribution in [3.63, 3.8) is 0 Å². The van der Waals surface area contributed by atoms with E-state index in [0.717, 1.165) is 0 Å². The number of benzene rings is 1. The van der Waals surface area contributed by atoms with Crippen molar-refractivity contribution in [3.05, 3.63) is 47.9 Å². The van der Waals surface area contributed by atoms with Crippen molar-refractivity contribution >= 4 is 11.5 Å². The molecule has 1 heterocycles. The van der Waals surface area contributed by atoms with E-state index in [1.165, 1.54) is 12.5 Å². The zero-order chi connectivity index (χ0) is 11.5. The summed E-state index contributed by atoms with van der Waals surface area (Å²) in [6, 6.07) is 6.56. The lowest BCUT2D eigenvalue weighted by molar-refractivity contribution is 0.103. The summed E-state index contributed by atoms with van der Waals surface area (Å²) in [4.78, 5) is 11.9. The first kappa shape index (κ1) is 10.3. The molecule has 2 N–H and O–H groups in total. The van der Waals surface area contributed by atoms with Crippen LogP contribution in [0.25, 0.3) is 0 Å². The molecule has 0 aliphatic heterocycles. The summed E-state index contributed by atoms with van der Waals surface area (Å²) in [7, 11) is 1.55. The van der Waals surface area contributed by atoms with Gasteiger partial charge in [0.05, 0.1) is 18.9 Å². The maximum Gasteiger partial charge on any atom is 0.198 e. The molecule has 0 amide bonds. The Morgan fingerprint density at radius 1 is 1.38 bits per heavy atom. The Morgan fingerprint density at radius 3 is 2.75 bits per heavy atom. The third kappa shape index (κ3) is 1.77. The molecule has 0 saturated heterocycles. The second-order valence-corrected chi connectivity index (χ2v) is 3.29. The van der Waals surface area contributed by atoms with Crippen molar-refractivity contribution in [1.82, 2.24) is 0 Å². The number of hydrogen-bond donors (Lipinski definition) is 1. The first-order chi connectivity index (χ1) is 7.72. The molecule has 2 aromatic rings. The van der Waals surface area contributed by atoms with Crippen molar-refractivity contribution in [3.8, 4) is 5.75 Å². The molecule has 1 aromatic carbocycles. The minimum atomic E-state index is -0.158. The Kier molecular flexibility index (Phi) is 2.64. The molecule has 2 rings (SSSR count). The molecular weight excluding hydrogens is 206 g/mol. The predicted molar refractivity (Wildman–Crippen MR) is 59.5 cm³/mol. The molecule has 0 saturated carbocycles. The average Bonchev–Trinajstić information content (AvgIpc) is 2.81. The number of rotatable bonds is 3. The standard InChI is InChI=1S/C12H11NO3/c1-15-9-2-3-10(11(13)6-9)12(14)8-4-5-16-7-8/h2-7H,13H2,1H3. The second-order valence-electron chi connectivity index (χ2n) is 3.29. The van der Waals surface area contributed by atoms with Gasteiger partial charge in [0.2, 0.25) is 0 Å². The largest absolute Gasteiger partial charge is 0.497 e. The number of ether oxygens (including phenoxy) is 1. The van der Waals surface area contributed by atoms with Crippen LogP contribution in [0.3, 0.4) is 0 Å².